The van der Waals surface area contributed by atoms with Gasteiger partial charge < -0.3 is 14.6 Å². The number of aliphatic hydroxyl groups excluding tert-OH is 1. The molecule has 0 fully saturated rings. The highest BCUT2D eigenvalue weighted by atomic mass is 79.9. The molecule has 15 heavy (non-hydrogen) atoms. The zero-order valence-electron chi connectivity index (χ0n) is 8.70. The molecular formula is C11H15BrO3. The molecule has 0 aromatic heterocycles. The molecule has 1 rings (SSSR count). The second-order valence-corrected chi connectivity index (χ2v) is 4.00. The molecule has 0 amide bonds. The summed E-state index contributed by atoms with van der Waals surface area (Å²) >= 11 is 3.40. The lowest BCUT2D eigenvalue weighted by molar-refractivity contribution is 0.102. The summed E-state index contributed by atoms with van der Waals surface area (Å²) in [5, 5.41) is 8.60. The average Bonchev–Trinajstić information content (AvgIpc) is 2.25. The van der Waals surface area contributed by atoms with E-state index in [0.29, 0.717) is 19.6 Å². The second-order valence-electron chi connectivity index (χ2n) is 3.09. The smallest absolute Gasteiger partial charge is 0.124 e. The molecule has 0 aliphatic rings. The van der Waals surface area contributed by atoms with E-state index in [1.165, 1.54) is 0 Å². The van der Waals surface area contributed by atoms with E-state index in [9.17, 15) is 0 Å². The topological polar surface area (TPSA) is 38.7 Å². The number of ether oxygens (including phenoxy) is 2. The standard InChI is InChI=1S/C11H15BrO3/c1-14-11-4-3-10(12)7-9(11)8-15-6-2-5-13/h3-4,7,13H,2,5-6,8H2,1H3. The van der Waals surface area contributed by atoms with Gasteiger partial charge in [-0.3, -0.25) is 0 Å². The normalized spacial score (nSPS) is 10.3. The van der Waals surface area contributed by atoms with Crippen molar-refractivity contribution >= 4 is 15.9 Å². The third-order valence-electron chi connectivity index (χ3n) is 1.95. The highest BCUT2D eigenvalue weighted by Crippen LogP contribution is 2.23. The Bertz CT molecular complexity index is 302. The van der Waals surface area contributed by atoms with Crippen LogP contribution in [-0.4, -0.2) is 25.4 Å². The van der Waals surface area contributed by atoms with Gasteiger partial charge in [0.25, 0.3) is 0 Å². The van der Waals surface area contributed by atoms with Crippen LogP contribution in [0.4, 0.5) is 0 Å². The molecule has 0 aliphatic carbocycles. The first-order valence-electron chi connectivity index (χ1n) is 4.79. The van der Waals surface area contributed by atoms with Crippen molar-refractivity contribution < 1.29 is 14.6 Å². The summed E-state index contributed by atoms with van der Waals surface area (Å²) in [6, 6.07) is 5.79. The lowest BCUT2D eigenvalue weighted by Gasteiger charge is -2.09. The predicted molar refractivity (Wildman–Crippen MR) is 62.1 cm³/mol. The van der Waals surface area contributed by atoms with E-state index < -0.39 is 0 Å². The Morgan fingerprint density at radius 3 is 2.87 bits per heavy atom. The van der Waals surface area contributed by atoms with Gasteiger partial charge >= 0.3 is 0 Å². The van der Waals surface area contributed by atoms with E-state index >= 15 is 0 Å². The van der Waals surface area contributed by atoms with E-state index in [0.717, 1.165) is 15.8 Å². The van der Waals surface area contributed by atoms with Gasteiger partial charge in [-0.2, -0.15) is 0 Å². The third-order valence-corrected chi connectivity index (χ3v) is 2.44. The molecule has 1 aromatic rings. The number of hydrogen-bond donors (Lipinski definition) is 1. The molecule has 0 radical (unpaired) electrons. The zero-order chi connectivity index (χ0) is 11.1. The van der Waals surface area contributed by atoms with Crippen LogP contribution in [0.2, 0.25) is 0 Å². The van der Waals surface area contributed by atoms with Crippen molar-refractivity contribution in [3.63, 3.8) is 0 Å². The minimum absolute atomic E-state index is 0.162. The van der Waals surface area contributed by atoms with E-state index in [4.69, 9.17) is 14.6 Å². The molecule has 0 atom stereocenters. The Labute approximate surface area is 98.1 Å². The van der Waals surface area contributed by atoms with Crippen LogP contribution in [0.5, 0.6) is 5.75 Å². The molecule has 0 saturated carbocycles. The van der Waals surface area contributed by atoms with E-state index in [1.54, 1.807) is 7.11 Å². The second kappa shape index (κ2) is 6.82. The Morgan fingerprint density at radius 2 is 2.20 bits per heavy atom. The van der Waals surface area contributed by atoms with Gasteiger partial charge in [-0.25, -0.2) is 0 Å². The predicted octanol–water partition coefficient (Wildman–Crippen LogP) is 2.36. The Balaban J connectivity index is 2.54. The Kier molecular flexibility index (Phi) is 5.68. The highest BCUT2D eigenvalue weighted by molar-refractivity contribution is 9.10. The fourth-order valence-corrected chi connectivity index (χ4v) is 1.62. The van der Waals surface area contributed by atoms with Gasteiger partial charge in [0.15, 0.2) is 0 Å². The van der Waals surface area contributed by atoms with Crippen molar-refractivity contribution in [2.75, 3.05) is 20.3 Å². The molecule has 3 nitrogen and oxygen atoms in total. The maximum atomic E-state index is 8.60. The molecule has 0 aliphatic heterocycles. The van der Waals surface area contributed by atoms with Crippen molar-refractivity contribution in [2.45, 2.75) is 13.0 Å². The quantitative estimate of drug-likeness (QED) is 0.810. The van der Waals surface area contributed by atoms with Crippen LogP contribution in [0.15, 0.2) is 22.7 Å². The van der Waals surface area contributed by atoms with Crippen LogP contribution < -0.4 is 4.74 Å². The van der Waals surface area contributed by atoms with Crippen LogP contribution in [0.25, 0.3) is 0 Å². The summed E-state index contributed by atoms with van der Waals surface area (Å²) in [5.41, 5.74) is 1.00. The summed E-state index contributed by atoms with van der Waals surface area (Å²) in [6.07, 6.45) is 0.663. The molecule has 0 heterocycles. The summed E-state index contributed by atoms with van der Waals surface area (Å²) in [5.74, 6) is 0.821. The van der Waals surface area contributed by atoms with Gasteiger partial charge in [0.1, 0.15) is 5.75 Å². The number of benzene rings is 1. The Hall–Kier alpha value is -0.580. The first-order chi connectivity index (χ1) is 7.27. The maximum absolute atomic E-state index is 8.60. The third kappa shape index (κ3) is 4.20. The van der Waals surface area contributed by atoms with Crippen LogP contribution in [-0.2, 0) is 11.3 Å². The SMILES string of the molecule is COc1ccc(Br)cc1COCCCO. The molecule has 0 spiro atoms. The van der Waals surface area contributed by atoms with Crippen molar-refractivity contribution in [3.05, 3.63) is 28.2 Å². The minimum atomic E-state index is 0.162. The van der Waals surface area contributed by atoms with Gasteiger partial charge in [-0.1, -0.05) is 15.9 Å². The van der Waals surface area contributed by atoms with Crippen molar-refractivity contribution in [2.24, 2.45) is 0 Å². The molecule has 0 saturated heterocycles. The molecule has 0 bridgehead atoms. The molecule has 1 N–H and O–H groups in total. The van der Waals surface area contributed by atoms with Crippen molar-refractivity contribution in [3.8, 4) is 5.75 Å². The minimum Gasteiger partial charge on any atom is -0.496 e. The van der Waals surface area contributed by atoms with E-state index in [-0.39, 0.29) is 6.61 Å². The van der Waals surface area contributed by atoms with Gasteiger partial charge in [-0.15, -0.1) is 0 Å². The molecule has 0 unspecified atom stereocenters. The van der Waals surface area contributed by atoms with Crippen LogP contribution in [0.1, 0.15) is 12.0 Å². The fraction of sp³-hybridized carbons (Fsp3) is 0.455. The zero-order valence-corrected chi connectivity index (χ0v) is 10.3. The van der Waals surface area contributed by atoms with Gasteiger partial charge in [0, 0.05) is 23.2 Å². The summed E-state index contributed by atoms with van der Waals surface area (Å²) in [7, 11) is 1.64. The molecule has 4 heteroatoms. The summed E-state index contributed by atoms with van der Waals surface area (Å²) in [4.78, 5) is 0. The maximum Gasteiger partial charge on any atom is 0.124 e. The number of halogens is 1. The highest BCUT2D eigenvalue weighted by Gasteiger charge is 2.03. The lowest BCUT2D eigenvalue weighted by Crippen LogP contribution is -1.99. The van der Waals surface area contributed by atoms with Crippen LogP contribution in [0.3, 0.4) is 0 Å². The van der Waals surface area contributed by atoms with E-state index in [1.807, 2.05) is 18.2 Å². The number of aliphatic hydroxyl groups is 1. The van der Waals surface area contributed by atoms with Gasteiger partial charge in [0.2, 0.25) is 0 Å². The first kappa shape index (κ1) is 12.5. The van der Waals surface area contributed by atoms with Crippen molar-refractivity contribution in [1.29, 1.82) is 0 Å². The van der Waals surface area contributed by atoms with Crippen LogP contribution >= 0.6 is 15.9 Å². The largest absolute Gasteiger partial charge is 0.496 e. The van der Waals surface area contributed by atoms with Crippen LogP contribution in [0, 0.1) is 0 Å². The van der Waals surface area contributed by atoms with E-state index in [2.05, 4.69) is 15.9 Å². The monoisotopic (exact) mass is 274 g/mol. The average molecular weight is 275 g/mol. The van der Waals surface area contributed by atoms with Gasteiger partial charge in [0.05, 0.1) is 13.7 Å². The lowest BCUT2D eigenvalue weighted by atomic mass is 10.2. The number of hydrogen-bond acceptors (Lipinski definition) is 3. The number of methoxy groups -OCH3 is 1. The molecular weight excluding hydrogens is 260 g/mol. The molecule has 84 valence electrons. The number of rotatable bonds is 6. The first-order valence-corrected chi connectivity index (χ1v) is 5.58. The van der Waals surface area contributed by atoms with Gasteiger partial charge in [-0.05, 0) is 24.6 Å². The Morgan fingerprint density at radius 1 is 1.40 bits per heavy atom. The summed E-state index contributed by atoms with van der Waals surface area (Å²) < 4.78 is 11.6. The fourth-order valence-electron chi connectivity index (χ4n) is 1.21. The molecule has 1 aromatic carbocycles. The summed E-state index contributed by atoms with van der Waals surface area (Å²) in [6.45, 7) is 1.23. The van der Waals surface area contributed by atoms with Crippen molar-refractivity contribution in [1.82, 2.24) is 0 Å².